The number of carbonyl (C=O) groups is 1. The van der Waals surface area contributed by atoms with Crippen molar-refractivity contribution >= 4 is 11.7 Å². The first-order valence-electron chi connectivity index (χ1n) is 5.19. The lowest BCUT2D eigenvalue weighted by Gasteiger charge is -2.28. The minimum Gasteiger partial charge on any atom is -0.333 e. The predicted molar refractivity (Wildman–Crippen MR) is 59.9 cm³/mol. The number of aryl methyl sites for hydroxylation is 1. The van der Waals surface area contributed by atoms with Crippen LogP contribution in [0.2, 0.25) is 0 Å². The standard InChI is InChI=1S/C11H14FN3O/c1-7-4-8(12)2-3-10(7)15-11(16)14-9-5-13-6-9/h2-4,9,13H,5-6H2,1H3,(H2,14,15,16). The lowest BCUT2D eigenvalue weighted by atomic mass is 10.2. The summed E-state index contributed by atoms with van der Waals surface area (Å²) in [7, 11) is 0. The molecule has 2 amide bonds. The van der Waals surface area contributed by atoms with Crippen molar-refractivity contribution in [1.29, 1.82) is 0 Å². The summed E-state index contributed by atoms with van der Waals surface area (Å²) in [6.07, 6.45) is 0. The molecule has 16 heavy (non-hydrogen) atoms. The molecule has 0 atom stereocenters. The van der Waals surface area contributed by atoms with Crippen molar-refractivity contribution in [3.8, 4) is 0 Å². The molecule has 86 valence electrons. The average molecular weight is 223 g/mol. The lowest BCUT2D eigenvalue weighted by molar-refractivity contribution is 0.243. The van der Waals surface area contributed by atoms with Crippen LogP contribution in [0.1, 0.15) is 5.56 Å². The molecule has 1 saturated heterocycles. The van der Waals surface area contributed by atoms with E-state index in [0.717, 1.165) is 13.1 Å². The molecule has 0 aliphatic carbocycles. The highest BCUT2D eigenvalue weighted by Gasteiger charge is 2.18. The summed E-state index contributed by atoms with van der Waals surface area (Å²) in [6.45, 7) is 3.36. The Kier molecular flexibility index (Phi) is 3.05. The van der Waals surface area contributed by atoms with E-state index < -0.39 is 0 Å². The molecule has 1 aliphatic heterocycles. The normalized spacial score (nSPS) is 15.4. The van der Waals surface area contributed by atoms with Crippen LogP contribution in [-0.4, -0.2) is 25.2 Å². The van der Waals surface area contributed by atoms with E-state index in [-0.39, 0.29) is 17.9 Å². The summed E-state index contributed by atoms with van der Waals surface area (Å²) in [5.74, 6) is -0.299. The molecule has 1 heterocycles. The molecule has 0 unspecified atom stereocenters. The summed E-state index contributed by atoms with van der Waals surface area (Å²) in [5, 5.41) is 8.55. The van der Waals surface area contributed by atoms with Crippen LogP contribution in [0.5, 0.6) is 0 Å². The largest absolute Gasteiger partial charge is 0.333 e. The number of hydrogen-bond donors (Lipinski definition) is 3. The van der Waals surface area contributed by atoms with Gasteiger partial charge in [-0.25, -0.2) is 9.18 Å². The first-order chi connectivity index (χ1) is 7.65. The van der Waals surface area contributed by atoms with E-state index in [1.165, 1.54) is 12.1 Å². The van der Waals surface area contributed by atoms with Gasteiger partial charge in [-0.3, -0.25) is 0 Å². The van der Waals surface area contributed by atoms with Crippen LogP contribution < -0.4 is 16.0 Å². The van der Waals surface area contributed by atoms with Crippen molar-refractivity contribution in [3.05, 3.63) is 29.6 Å². The molecule has 1 aromatic carbocycles. The minimum atomic E-state index is -0.299. The molecule has 4 nitrogen and oxygen atoms in total. The Bertz CT molecular complexity index is 404. The summed E-state index contributed by atoms with van der Waals surface area (Å²) < 4.78 is 12.8. The number of anilines is 1. The van der Waals surface area contributed by atoms with Crippen LogP contribution in [0.4, 0.5) is 14.9 Å². The van der Waals surface area contributed by atoms with Gasteiger partial charge in [-0.15, -0.1) is 0 Å². The van der Waals surface area contributed by atoms with Crippen molar-refractivity contribution in [2.45, 2.75) is 13.0 Å². The van der Waals surface area contributed by atoms with Gasteiger partial charge in [-0.2, -0.15) is 0 Å². The molecular formula is C11H14FN3O. The van der Waals surface area contributed by atoms with E-state index in [1.807, 2.05) is 0 Å². The zero-order chi connectivity index (χ0) is 11.5. The Morgan fingerprint density at radius 3 is 2.81 bits per heavy atom. The number of rotatable bonds is 2. The summed E-state index contributed by atoms with van der Waals surface area (Å²) in [5.41, 5.74) is 1.34. The number of carbonyl (C=O) groups excluding carboxylic acids is 1. The van der Waals surface area contributed by atoms with Crippen molar-refractivity contribution in [2.75, 3.05) is 18.4 Å². The van der Waals surface area contributed by atoms with Crippen LogP contribution in [0.3, 0.4) is 0 Å². The maximum Gasteiger partial charge on any atom is 0.319 e. The Hall–Kier alpha value is -1.62. The first kappa shape index (κ1) is 10.9. The molecule has 0 aromatic heterocycles. The van der Waals surface area contributed by atoms with Gasteiger partial charge in [0.1, 0.15) is 5.82 Å². The second-order valence-corrected chi connectivity index (χ2v) is 3.91. The molecule has 2 rings (SSSR count). The predicted octanol–water partition coefficient (Wildman–Crippen LogP) is 1.23. The van der Waals surface area contributed by atoms with Crippen molar-refractivity contribution in [2.24, 2.45) is 0 Å². The number of nitrogens with one attached hydrogen (secondary N) is 3. The van der Waals surface area contributed by atoms with Gasteiger partial charge in [0.15, 0.2) is 0 Å². The Labute approximate surface area is 93.2 Å². The van der Waals surface area contributed by atoms with Crippen LogP contribution >= 0.6 is 0 Å². The summed E-state index contributed by atoms with van der Waals surface area (Å²) in [6, 6.07) is 4.22. The highest BCUT2D eigenvalue weighted by atomic mass is 19.1. The highest BCUT2D eigenvalue weighted by molar-refractivity contribution is 5.90. The number of urea groups is 1. The van der Waals surface area contributed by atoms with E-state index >= 15 is 0 Å². The van der Waals surface area contributed by atoms with Crippen LogP contribution in [0.15, 0.2) is 18.2 Å². The molecule has 1 aromatic rings. The summed E-state index contributed by atoms with van der Waals surface area (Å²) >= 11 is 0. The maximum atomic E-state index is 12.8. The third-order valence-electron chi connectivity index (χ3n) is 2.55. The van der Waals surface area contributed by atoms with Gasteiger partial charge in [0.25, 0.3) is 0 Å². The Morgan fingerprint density at radius 2 is 2.25 bits per heavy atom. The van der Waals surface area contributed by atoms with Gasteiger partial charge in [0.2, 0.25) is 0 Å². The molecule has 1 fully saturated rings. The fourth-order valence-electron chi connectivity index (χ4n) is 1.50. The van der Waals surface area contributed by atoms with Crippen molar-refractivity contribution in [3.63, 3.8) is 0 Å². The van der Waals surface area contributed by atoms with Crippen LogP contribution in [-0.2, 0) is 0 Å². The van der Waals surface area contributed by atoms with E-state index in [2.05, 4.69) is 16.0 Å². The van der Waals surface area contributed by atoms with Gasteiger partial charge in [-0.05, 0) is 30.7 Å². The lowest BCUT2D eigenvalue weighted by Crippen LogP contribution is -2.57. The molecule has 5 heteroatoms. The zero-order valence-corrected chi connectivity index (χ0v) is 9.01. The smallest absolute Gasteiger partial charge is 0.319 e. The van der Waals surface area contributed by atoms with Gasteiger partial charge in [0, 0.05) is 18.8 Å². The van der Waals surface area contributed by atoms with Gasteiger partial charge < -0.3 is 16.0 Å². The second-order valence-electron chi connectivity index (χ2n) is 3.91. The molecule has 1 aliphatic rings. The van der Waals surface area contributed by atoms with Gasteiger partial charge in [0.05, 0.1) is 6.04 Å². The molecule has 0 saturated carbocycles. The molecule has 0 bridgehead atoms. The number of halogens is 1. The maximum absolute atomic E-state index is 12.8. The van der Waals surface area contributed by atoms with Crippen molar-refractivity contribution in [1.82, 2.24) is 10.6 Å². The number of amides is 2. The average Bonchev–Trinajstić information content (AvgIpc) is 2.16. The molecule has 0 spiro atoms. The van der Waals surface area contributed by atoms with E-state index in [9.17, 15) is 9.18 Å². The number of hydrogen-bond acceptors (Lipinski definition) is 2. The number of benzene rings is 1. The SMILES string of the molecule is Cc1cc(F)ccc1NC(=O)NC1CNC1. The minimum absolute atomic E-state index is 0.195. The third-order valence-corrected chi connectivity index (χ3v) is 2.55. The Morgan fingerprint density at radius 1 is 1.50 bits per heavy atom. The van der Waals surface area contributed by atoms with Gasteiger partial charge in [-0.1, -0.05) is 0 Å². The van der Waals surface area contributed by atoms with E-state index in [4.69, 9.17) is 0 Å². The molecular weight excluding hydrogens is 209 g/mol. The first-order valence-corrected chi connectivity index (χ1v) is 5.19. The van der Waals surface area contributed by atoms with Crippen LogP contribution in [0, 0.1) is 12.7 Å². The molecule has 0 radical (unpaired) electrons. The zero-order valence-electron chi connectivity index (χ0n) is 9.01. The third kappa shape index (κ3) is 2.49. The quantitative estimate of drug-likeness (QED) is 0.706. The summed E-state index contributed by atoms with van der Waals surface area (Å²) in [4.78, 5) is 11.5. The van der Waals surface area contributed by atoms with Crippen molar-refractivity contribution < 1.29 is 9.18 Å². The van der Waals surface area contributed by atoms with Crippen LogP contribution in [0.25, 0.3) is 0 Å². The van der Waals surface area contributed by atoms with E-state index in [0.29, 0.717) is 11.3 Å². The van der Waals surface area contributed by atoms with E-state index in [1.54, 1.807) is 13.0 Å². The van der Waals surface area contributed by atoms with Gasteiger partial charge >= 0.3 is 6.03 Å². The second kappa shape index (κ2) is 4.49. The Balaban J connectivity index is 1.94. The molecule has 3 N–H and O–H groups in total. The monoisotopic (exact) mass is 223 g/mol. The fraction of sp³-hybridized carbons (Fsp3) is 0.364. The topological polar surface area (TPSA) is 53.2 Å². The highest BCUT2D eigenvalue weighted by Crippen LogP contribution is 2.15. The fourth-order valence-corrected chi connectivity index (χ4v) is 1.50.